The van der Waals surface area contributed by atoms with Gasteiger partial charge in [0.15, 0.2) is 0 Å². The number of piperidine rings is 1. The van der Waals surface area contributed by atoms with Crippen LogP contribution >= 0.6 is 0 Å². The molecule has 0 unspecified atom stereocenters. The highest BCUT2D eigenvalue weighted by molar-refractivity contribution is 7.89. The molecule has 18 heavy (non-hydrogen) atoms. The Hall–Kier alpha value is -0.170. The molecule has 1 saturated heterocycles. The molecule has 0 spiro atoms. The Morgan fingerprint density at radius 3 is 2.56 bits per heavy atom. The number of aliphatic hydroxyl groups excluding tert-OH is 1. The first-order chi connectivity index (χ1) is 8.53. The molecule has 0 aliphatic carbocycles. The van der Waals surface area contributed by atoms with Gasteiger partial charge in [-0.15, -0.1) is 0 Å². The van der Waals surface area contributed by atoms with Crippen molar-refractivity contribution in [1.29, 1.82) is 0 Å². The fourth-order valence-corrected chi connectivity index (χ4v) is 3.40. The second-order valence-electron chi connectivity index (χ2n) is 5.18. The number of likely N-dealkylation sites (tertiary alicyclic amines) is 1. The predicted molar refractivity (Wildman–Crippen MR) is 72.9 cm³/mol. The zero-order valence-electron chi connectivity index (χ0n) is 11.3. The average Bonchev–Trinajstić information content (AvgIpc) is 2.32. The van der Waals surface area contributed by atoms with Gasteiger partial charge in [0.1, 0.15) is 0 Å². The first kappa shape index (κ1) is 15.9. The van der Waals surface area contributed by atoms with Crippen LogP contribution in [0.15, 0.2) is 0 Å². The van der Waals surface area contributed by atoms with Crippen molar-refractivity contribution >= 4 is 10.0 Å². The van der Waals surface area contributed by atoms with Crippen LogP contribution in [0.3, 0.4) is 0 Å². The zero-order chi connectivity index (χ0) is 13.4. The molecule has 5 nitrogen and oxygen atoms in total. The number of sulfonamides is 1. The standard InChI is InChI=1S/C12H26N2O3S/c1-14-8-5-12(6-9-14)4-7-13-18(16,17)11-3-2-10-15/h12-13,15H,2-11H2,1H3. The molecule has 6 heteroatoms. The third-order valence-electron chi connectivity index (χ3n) is 3.53. The van der Waals surface area contributed by atoms with Gasteiger partial charge in [0.25, 0.3) is 0 Å². The van der Waals surface area contributed by atoms with E-state index in [-0.39, 0.29) is 12.4 Å². The number of aliphatic hydroxyl groups is 1. The maximum atomic E-state index is 11.6. The Labute approximate surface area is 111 Å². The van der Waals surface area contributed by atoms with Crippen LogP contribution in [0.25, 0.3) is 0 Å². The maximum Gasteiger partial charge on any atom is 0.211 e. The molecule has 0 radical (unpaired) electrons. The average molecular weight is 278 g/mol. The van der Waals surface area contributed by atoms with Crippen molar-refractivity contribution in [2.24, 2.45) is 5.92 Å². The molecule has 2 N–H and O–H groups in total. The Bertz CT molecular complexity index is 311. The van der Waals surface area contributed by atoms with E-state index in [1.165, 1.54) is 12.8 Å². The fraction of sp³-hybridized carbons (Fsp3) is 1.00. The third kappa shape index (κ3) is 6.68. The minimum Gasteiger partial charge on any atom is -0.396 e. The maximum absolute atomic E-state index is 11.6. The largest absolute Gasteiger partial charge is 0.396 e. The molecular weight excluding hydrogens is 252 g/mol. The van der Waals surface area contributed by atoms with E-state index in [1.54, 1.807) is 0 Å². The molecule has 1 aliphatic heterocycles. The smallest absolute Gasteiger partial charge is 0.211 e. The highest BCUT2D eigenvalue weighted by atomic mass is 32.2. The van der Waals surface area contributed by atoms with Crippen molar-refractivity contribution in [3.8, 4) is 0 Å². The van der Waals surface area contributed by atoms with Crippen molar-refractivity contribution in [3.05, 3.63) is 0 Å². The van der Waals surface area contributed by atoms with Crippen molar-refractivity contribution < 1.29 is 13.5 Å². The Balaban J connectivity index is 2.12. The molecule has 0 saturated carbocycles. The monoisotopic (exact) mass is 278 g/mol. The molecule has 0 aromatic heterocycles. The first-order valence-corrected chi connectivity index (χ1v) is 8.45. The van der Waals surface area contributed by atoms with Crippen LogP contribution < -0.4 is 4.72 Å². The van der Waals surface area contributed by atoms with Gasteiger partial charge in [-0.1, -0.05) is 0 Å². The lowest BCUT2D eigenvalue weighted by atomic mass is 9.94. The SMILES string of the molecule is CN1CCC(CCNS(=O)(=O)CCCCO)CC1. The molecule has 1 heterocycles. The van der Waals surface area contributed by atoms with Crippen LogP contribution in [0.1, 0.15) is 32.1 Å². The number of nitrogens with one attached hydrogen (secondary N) is 1. The van der Waals surface area contributed by atoms with E-state index in [4.69, 9.17) is 5.11 Å². The molecule has 1 aliphatic rings. The van der Waals surface area contributed by atoms with Gasteiger partial charge in [-0.25, -0.2) is 13.1 Å². The summed E-state index contributed by atoms with van der Waals surface area (Å²) in [5.74, 6) is 0.780. The van der Waals surface area contributed by atoms with Crippen molar-refractivity contribution in [2.45, 2.75) is 32.1 Å². The lowest BCUT2D eigenvalue weighted by Crippen LogP contribution is -2.33. The van der Waals surface area contributed by atoms with Crippen LogP contribution in [0.5, 0.6) is 0 Å². The summed E-state index contributed by atoms with van der Waals surface area (Å²) >= 11 is 0. The van der Waals surface area contributed by atoms with Crippen LogP contribution in [0.2, 0.25) is 0 Å². The molecule has 1 rings (SSSR count). The van der Waals surface area contributed by atoms with Gasteiger partial charge in [-0.3, -0.25) is 0 Å². The summed E-state index contributed by atoms with van der Waals surface area (Å²) in [6, 6.07) is 0. The van der Waals surface area contributed by atoms with Crippen molar-refractivity contribution in [1.82, 2.24) is 9.62 Å². The molecule has 0 bridgehead atoms. The summed E-state index contributed by atoms with van der Waals surface area (Å²) in [5, 5.41) is 8.61. The molecule has 0 amide bonds. The Kier molecular flexibility index (Phi) is 7.14. The number of unbranched alkanes of at least 4 members (excludes halogenated alkanes) is 1. The second-order valence-corrected chi connectivity index (χ2v) is 7.11. The molecular formula is C12H26N2O3S. The second kappa shape index (κ2) is 8.09. The highest BCUT2D eigenvalue weighted by Crippen LogP contribution is 2.18. The van der Waals surface area contributed by atoms with Crippen LogP contribution in [0.4, 0.5) is 0 Å². The van der Waals surface area contributed by atoms with Gasteiger partial charge in [-0.2, -0.15) is 0 Å². The van der Waals surface area contributed by atoms with Crippen LogP contribution in [-0.4, -0.2) is 57.5 Å². The Morgan fingerprint density at radius 1 is 1.28 bits per heavy atom. The van der Waals surface area contributed by atoms with Crippen molar-refractivity contribution in [3.63, 3.8) is 0 Å². The van der Waals surface area contributed by atoms with E-state index < -0.39 is 10.0 Å². The van der Waals surface area contributed by atoms with Gasteiger partial charge in [0, 0.05) is 13.2 Å². The molecule has 0 atom stereocenters. The lowest BCUT2D eigenvalue weighted by molar-refractivity contribution is 0.213. The highest BCUT2D eigenvalue weighted by Gasteiger charge is 2.17. The van der Waals surface area contributed by atoms with Crippen LogP contribution in [0, 0.1) is 5.92 Å². The van der Waals surface area contributed by atoms with Gasteiger partial charge >= 0.3 is 0 Å². The molecule has 0 aromatic carbocycles. The summed E-state index contributed by atoms with van der Waals surface area (Å²) in [5.41, 5.74) is 0. The van der Waals surface area contributed by atoms with Crippen molar-refractivity contribution in [2.75, 3.05) is 39.0 Å². The summed E-state index contributed by atoms with van der Waals surface area (Å²) < 4.78 is 25.8. The van der Waals surface area contributed by atoms with Gasteiger partial charge in [0.2, 0.25) is 10.0 Å². The predicted octanol–water partition coefficient (Wildman–Crippen LogP) is 0.410. The van der Waals surface area contributed by atoms with E-state index in [1.807, 2.05) is 0 Å². The van der Waals surface area contributed by atoms with Gasteiger partial charge < -0.3 is 10.0 Å². The minimum atomic E-state index is -3.14. The van der Waals surface area contributed by atoms with Crippen LogP contribution in [-0.2, 0) is 10.0 Å². The quantitative estimate of drug-likeness (QED) is 0.631. The summed E-state index contributed by atoms with van der Waals surface area (Å²) in [7, 11) is -1.01. The van der Waals surface area contributed by atoms with E-state index in [9.17, 15) is 8.42 Å². The summed E-state index contributed by atoms with van der Waals surface area (Å²) in [4.78, 5) is 2.32. The molecule has 1 fully saturated rings. The molecule has 0 aromatic rings. The summed E-state index contributed by atoms with van der Waals surface area (Å²) in [6.45, 7) is 2.85. The van der Waals surface area contributed by atoms with E-state index in [0.717, 1.165) is 19.5 Å². The fourth-order valence-electron chi connectivity index (χ4n) is 2.25. The third-order valence-corrected chi connectivity index (χ3v) is 5.00. The number of rotatable bonds is 8. The topological polar surface area (TPSA) is 69.6 Å². The van der Waals surface area contributed by atoms with E-state index >= 15 is 0 Å². The van der Waals surface area contributed by atoms with Gasteiger partial charge in [-0.05, 0) is 58.2 Å². The number of nitrogens with zero attached hydrogens (tertiary/aromatic N) is 1. The van der Waals surface area contributed by atoms with E-state index in [2.05, 4.69) is 16.7 Å². The first-order valence-electron chi connectivity index (χ1n) is 6.80. The summed E-state index contributed by atoms with van der Waals surface area (Å²) in [6.07, 6.45) is 4.36. The van der Waals surface area contributed by atoms with E-state index in [0.29, 0.717) is 25.3 Å². The normalized spacial score (nSPS) is 19.2. The lowest BCUT2D eigenvalue weighted by Gasteiger charge is -2.28. The Morgan fingerprint density at radius 2 is 1.94 bits per heavy atom. The minimum absolute atomic E-state index is 0.0606. The number of hydrogen-bond acceptors (Lipinski definition) is 4. The molecule has 108 valence electrons. The zero-order valence-corrected chi connectivity index (χ0v) is 12.1. The van der Waals surface area contributed by atoms with Gasteiger partial charge in [0.05, 0.1) is 5.75 Å². The number of hydrogen-bond donors (Lipinski definition) is 2.